The number of anilines is 1. The molecule has 0 heterocycles. The van der Waals surface area contributed by atoms with Crippen LogP contribution in [0.4, 0.5) is 14.5 Å². The third-order valence-corrected chi connectivity index (χ3v) is 2.27. The lowest BCUT2D eigenvalue weighted by atomic mass is 10.2. The van der Waals surface area contributed by atoms with Gasteiger partial charge in [0.25, 0.3) is 5.91 Å². The zero-order valence-electron chi connectivity index (χ0n) is 9.70. The predicted octanol–water partition coefficient (Wildman–Crippen LogP) is 1.32. The second-order valence-corrected chi connectivity index (χ2v) is 3.51. The van der Waals surface area contributed by atoms with Gasteiger partial charge in [-0.2, -0.15) is 0 Å². The Hall–Kier alpha value is -1.69. The van der Waals surface area contributed by atoms with E-state index in [4.69, 9.17) is 5.11 Å². The number of carbonyl (C=O) groups is 1. The molecule has 0 spiro atoms. The first-order valence-corrected chi connectivity index (χ1v) is 4.87. The molecule has 0 saturated heterocycles. The number of hydrogen-bond donors (Lipinski definition) is 1. The van der Waals surface area contributed by atoms with Crippen LogP contribution in [0.5, 0.6) is 5.75 Å². The van der Waals surface area contributed by atoms with E-state index in [1.807, 2.05) is 0 Å². The maximum atomic E-state index is 13.6. The number of carbonyl (C=O) groups excluding carboxylic acids is 1. The van der Waals surface area contributed by atoms with Gasteiger partial charge in [0, 0.05) is 19.2 Å². The fraction of sp³-hybridized carbons (Fsp3) is 0.364. The van der Waals surface area contributed by atoms with Gasteiger partial charge in [0.15, 0.2) is 17.4 Å². The number of hydrogen-bond acceptors (Lipinski definition) is 3. The van der Waals surface area contributed by atoms with E-state index in [0.717, 1.165) is 17.0 Å². The molecule has 1 atom stereocenters. The van der Waals surface area contributed by atoms with Crippen LogP contribution >= 0.6 is 0 Å². The standard InChI is InChI=1S/C11H13F2NO3/c1-6(15)11(16)14(2)9-4-8(13)10(17-3)5-7(9)12/h4-6,15H,1-3H3. The third kappa shape index (κ3) is 2.71. The maximum absolute atomic E-state index is 13.6. The van der Waals surface area contributed by atoms with Crippen molar-refractivity contribution < 1.29 is 23.4 Å². The molecule has 1 amide bonds. The summed E-state index contributed by atoms with van der Waals surface area (Å²) in [6.07, 6.45) is -1.29. The summed E-state index contributed by atoms with van der Waals surface area (Å²) in [5.74, 6) is -2.56. The number of aliphatic hydroxyl groups excluding tert-OH is 1. The third-order valence-electron chi connectivity index (χ3n) is 2.27. The molecule has 0 fully saturated rings. The van der Waals surface area contributed by atoms with Crippen molar-refractivity contribution in [3.63, 3.8) is 0 Å². The fourth-order valence-electron chi connectivity index (χ4n) is 1.33. The average Bonchev–Trinajstić information content (AvgIpc) is 2.29. The molecule has 17 heavy (non-hydrogen) atoms. The lowest BCUT2D eigenvalue weighted by Crippen LogP contribution is -2.35. The van der Waals surface area contributed by atoms with Gasteiger partial charge in [0.2, 0.25) is 0 Å². The molecule has 1 aromatic rings. The maximum Gasteiger partial charge on any atom is 0.255 e. The highest BCUT2D eigenvalue weighted by molar-refractivity contribution is 5.95. The lowest BCUT2D eigenvalue weighted by Gasteiger charge is -2.20. The van der Waals surface area contributed by atoms with Gasteiger partial charge in [-0.3, -0.25) is 4.79 Å². The van der Waals surface area contributed by atoms with Gasteiger partial charge in [-0.05, 0) is 6.92 Å². The Morgan fingerprint density at radius 3 is 2.47 bits per heavy atom. The molecule has 6 heteroatoms. The summed E-state index contributed by atoms with van der Waals surface area (Å²) < 4.78 is 31.5. The van der Waals surface area contributed by atoms with Gasteiger partial charge in [-0.15, -0.1) is 0 Å². The number of halogens is 2. The zero-order chi connectivity index (χ0) is 13.2. The SMILES string of the molecule is COc1cc(F)c(N(C)C(=O)C(C)O)cc1F. The summed E-state index contributed by atoms with van der Waals surface area (Å²) in [5.41, 5.74) is -0.255. The first-order valence-electron chi connectivity index (χ1n) is 4.87. The molecule has 1 unspecified atom stereocenters. The van der Waals surface area contributed by atoms with Crippen molar-refractivity contribution in [2.75, 3.05) is 19.1 Å². The van der Waals surface area contributed by atoms with Crippen LogP contribution < -0.4 is 9.64 Å². The Labute approximate surface area is 97.4 Å². The van der Waals surface area contributed by atoms with Gasteiger partial charge < -0.3 is 14.7 Å². The van der Waals surface area contributed by atoms with Crippen LogP contribution in [0.2, 0.25) is 0 Å². The molecule has 1 N–H and O–H groups in total. The fourth-order valence-corrected chi connectivity index (χ4v) is 1.33. The number of likely N-dealkylation sites (N-methyl/N-ethyl adjacent to an activating group) is 1. The Morgan fingerprint density at radius 1 is 1.41 bits per heavy atom. The van der Waals surface area contributed by atoms with Crippen molar-refractivity contribution in [3.8, 4) is 5.75 Å². The number of methoxy groups -OCH3 is 1. The molecule has 0 aliphatic heterocycles. The van der Waals surface area contributed by atoms with Gasteiger partial charge in [0.05, 0.1) is 12.8 Å². The highest BCUT2D eigenvalue weighted by Crippen LogP contribution is 2.27. The summed E-state index contributed by atoms with van der Waals surface area (Å²) in [6, 6.07) is 1.69. The number of aliphatic hydroxyl groups is 1. The zero-order valence-corrected chi connectivity index (χ0v) is 9.70. The van der Waals surface area contributed by atoms with Crippen LogP contribution in [0, 0.1) is 11.6 Å². The van der Waals surface area contributed by atoms with Crippen LogP contribution in [-0.4, -0.2) is 31.3 Å². The summed E-state index contributed by atoms with van der Waals surface area (Å²) in [7, 11) is 2.46. The largest absolute Gasteiger partial charge is 0.494 e. The quantitative estimate of drug-likeness (QED) is 0.873. The highest BCUT2D eigenvalue weighted by Gasteiger charge is 2.21. The van der Waals surface area contributed by atoms with Crippen LogP contribution in [0.1, 0.15) is 6.92 Å². The van der Waals surface area contributed by atoms with E-state index >= 15 is 0 Å². The molecule has 1 aromatic carbocycles. The van der Waals surface area contributed by atoms with E-state index < -0.39 is 23.6 Å². The summed E-state index contributed by atoms with van der Waals surface area (Å²) in [6.45, 7) is 1.25. The molecule has 4 nitrogen and oxygen atoms in total. The first-order chi connectivity index (χ1) is 7.88. The van der Waals surface area contributed by atoms with E-state index in [1.165, 1.54) is 21.1 Å². The number of amides is 1. The van der Waals surface area contributed by atoms with Gasteiger partial charge in [-0.25, -0.2) is 8.78 Å². The Bertz CT molecular complexity index is 435. The van der Waals surface area contributed by atoms with Gasteiger partial charge in [-0.1, -0.05) is 0 Å². The van der Waals surface area contributed by atoms with Crippen molar-refractivity contribution in [1.29, 1.82) is 0 Å². The minimum absolute atomic E-state index is 0.246. The molecule has 1 rings (SSSR count). The molecule has 0 saturated carbocycles. The summed E-state index contributed by atoms with van der Waals surface area (Å²) in [4.78, 5) is 12.3. The minimum Gasteiger partial charge on any atom is -0.494 e. The van der Waals surface area contributed by atoms with Crippen LogP contribution in [0.3, 0.4) is 0 Å². The molecule has 0 aliphatic rings. The number of benzene rings is 1. The van der Waals surface area contributed by atoms with Crippen molar-refractivity contribution in [1.82, 2.24) is 0 Å². The van der Waals surface area contributed by atoms with E-state index in [9.17, 15) is 13.6 Å². The topological polar surface area (TPSA) is 49.8 Å². The van der Waals surface area contributed by atoms with Crippen LogP contribution in [-0.2, 0) is 4.79 Å². The van der Waals surface area contributed by atoms with Gasteiger partial charge in [0.1, 0.15) is 6.10 Å². The summed E-state index contributed by atoms with van der Waals surface area (Å²) in [5, 5.41) is 9.08. The lowest BCUT2D eigenvalue weighted by molar-refractivity contribution is -0.125. The molecule has 0 aliphatic carbocycles. The minimum atomic E-state index is -1.29. The Balaban J connectivity index is 3.15. The monoisotopic (exact) mass is 245 g/mol. The van der Waals surface area contributed by atoms with Crippen LogP contribution in [0.15, 0.2) is 12.1 Å². The number of ether oxygens (including phenoxy) is 1. The second-order valence-electron chi connectivity index (χ2n) is 3.51. The molecule has 0 radical (unpaired) electrons. The molecular formula is C11H13F2NO3. The molecule has 0 aromatic heterocycles. The van der Waals surface area contributed by atoms with E-state index in [2.05, 4.69) is 4.74 Å². The number of rotatable bonds is 3. The van der Waals surface area contributed by atoms with Crippen molar-refractivity contribution >= 4 is 11.6 Å². The van der Waals surface area contributed by atoms with E-state index in [-0.39, 0.29) is 11.4 Å². The molecular weight excluding hydrogens is 232 g/mol. The van der Waals surface area contributed by atoms with Gasteiger partial charge >= 0.3 is 0 Å². The second kappa shape index (κ2) is 5.09. The first kappa shape index (κ1) is 13.4. The van der Waals surface area contributed by atoms with Crippen molar-refractivity contribution in [3.05, 3.63) is 23.8 Å². The molecule has 94 valence electrons. The number of nitrogens with zero attached hydrogens (tertiary/aromatic N) is 1. The smallest absolute Gasteiger partial charge is 0.255 e. The van der Waals surface area contributed by atoms with Crippen molar-refractivity contribution in [2.24, 2.45) is 0 Å². The Morgan fingerprint density at radius 2 is 2.00 bits per heavy atom. The van der Waals surface area contributed by atoms with E-state index in [0.29, 0.717) is 0 Å². The predicted molar refractivity (Wildman–Crippen MR) is 58.0 cm³/mol. The van der Waals surface area contributed by atoms with Crippen LogP contribution in [0.25, 0.3) is 0 Å². The average molecular weight is 245 g/mol. The summed E-state index contributed by atoms with van der Waals surface area (Å²) >= 11 is 0. The normalized spacial score (nSPS) is 12.1. The Kier molecular flexibility index (Phi) is 4.01. The van der Waals surface area contributed by atoms with E-state index in [1.54, 1.807) is 0 Å². The molecule has 0 bridgehead atoms. The highest BCUT2D eigenvalue weighted by atomic mass is 19.1. The van der Waals surface area contributed by atoms with Crippen molar-refractivity contribution in [2.45, 2.75) is 13.0 Å².